The van der Waals surface area contributed by atoms with Crippen LogP contribution in [-0.4, -0.2) is 24.3 Å². The highest BCUT2D eigenvalue weighted by Gasteiger charge is 2.34. The number of furan rings is 1. The lowest BCUT2D eigenvalue weighted by molar-refractivity contribution is 0.109. The molecule has 2 heterocycles. The Morgan fingerprint density at radius 2 is 2.18 bits per heavy atom. The standard InChI is InChI=1S/C14H21NO2/c1-3-14(4-2)7-8-15(11-14)9-12-5-6-13(10-16)17-12/h5-6,10H,3-4,7-9,11H2,1-2H3. The van der Waals surface area contributed by atoms with Crippen molar-refractivity contribution in [2.75, 3.05) is 13.1 Å². The molecule has 94 valence electrons. The predicted molar refractivity (Wildman–Crippen MR) is 67.0 cm³/mol. The van der Waals surface area contributed by atoms with Crippen molar-refractivity contribution in [2.24, 2.45) is 5.41 Å². The van der Waals surface area contributed by atoms with E-state index in [1.807, 2.05) is 6.07 Å². The normalized spacial score (nSPS) is 19.6. The third-order valence-electron chi connectivity index (χ3n) is 4.20. The molecule has 17 heavy (non-hydrogen) atoms. The van der Waals surface area contributed by atoms with E-state index in [9.17, 15) is 4.79 Å². The molecule has 1 aromatic rings. The first-order valence-electron chi connectivity index (χ1n) is 6.47. The summed E-state index contributed by atoms with van der Waals surface area (Å²) < 4.78 is 5.42. The van der Waals surface area contributed by atoms with E-state index in [-0.39, 0.29) is 0 Å². The topological polar surface area (TPSA) is 33.5 Å². The zero-order chi connectivity index (χ0) is 12.3. The second kappa shape index (κ2) is 5.05. The van der Waals surface area contributed by atoms with Crippen molar-refractivity contribution in [3.63, 3.8) is 0 Å². The third-order valence-corrected chi connectivity index (χ3v) is 4.20. The number of carbonyl (C=O) groups excluding carboxylic acids is 1. The molecule has 0 aromatic carbocycles. The van der Waals surface area contributed by atoms with Crippen LogP contribution >= 0.6 is 0 Å². The van der Waals surface area contributed by atoms with Crippen molar-refractivity contribution >= 4 is 6.29 Å². The zero-order valence-electron chi connectivity index (χ0n) is 10.7. The maximum absolute atomic E-state index is 10.5. The van der Waals surface area contributed by atoms with Crippen molar-refractivity contribution < 1.29 is 9.21 Å². The van der Waals surface area contributed by atoms with Crippen LogP contribution in [0.15, 0.2) is 16.5 Å². The molecule has 0 atom stereocenters. The fourth-order valence-electron chi connectivity index (χ4n) is 2.75. The van der Waals surface area contributed by atoms with Gasteiger partial charge in [-0.3, -0.25) is 9.69 Å². The molecule has 1 aromatic heterocycles. The maximum Gasteiger partial charge on any atom is 0.185 e. The Morgan fingerprint density at radius 1 is 1.41 bits per heavy atom. The molecule has 0 amide bonds. The molecule has 1 aliphatic rings. The average Bonchev–Trinajstić information content (AvgIpc) is 2.97. The molecule has 1 saturated heterocycles. The largest absolute Gasteiger partial charge is 0.457 e. The fraction of sp³-hybridized carbons (Fsp3) is 0.643. The summed E-state index contributed by atoms with van der Waals surface area (Å²) >= 11 is 0. The van der Waals surface area contributed by atoms with Gasteiger partial charge in [0.2, 0.25) is 0 Å². The highest BCUT2D eigenvalue weighted by molar-refractivity contribution is 5.70. The number of nitrogens with zero attached hydrogens (tertiary/aromatic N) is 1. The monoisotopic (exact) mass is 235 g/mol. The molecule has 1 fully saturated rings. The van der Waals surface area contributed by atoms with Gasteiger partial charge in [-0.05, 0) is 43.4 Å². The summed E-state index contributed by atoms with van der Waals surface area (Å²) in [4.78, 5) is 13.0. The molecule has 0 aliphatic carbocycles. The molecule has 0 bridgehead atoms. The second-order valence-electron chi connectivity index (χ2n) is 5.09. The first-order valence-corrected chi connectivity index (χ1v) is 6.47. The van der Waals surface area contributed by atoms with Crippen LogP contribution in [0.5, 0.6) is 0 Å². The zero-order valence-corrected chi connectivity index (χ0v) is 10.7. The number of rotatable bonds is 5. The van der Waals surface area contributed by atoms with Crippen LogP contribution < -0.4 is 0 Å². The van der Waals surface area contributed by atoms with Crippen molar-refractivity contribution in [2.45, 2.75) is 39.7 Å². The van der Waals surface area contributed by atoms with Gasteiger partial charge in [-0.1, -0.05) is 13.8 Å². The average molecular weight is 235 g/mol. The van der Waals surface area contributed by atoms with Gasteiger partial charge in [-0.2, -0.15) is 0 Å². The van der Waals surface area contributed by atoms with E-state index in [0.29, 0.717) is 11.2 Å². The molecule has 1 aliphatic heterocycles. The summed E-state index contributed by atoms with van der Waals surface area (Å²) in [6.45, 7) is 7.68. The van der Waals surface area contributed by atoms with Crippen molar-refractivity contribution in [3.05, 3.63) is 23.7 Å². The van der Waals surface area contributed by atoms with Gasteiger partial charge in [0.1, 0.15) is 5.76 Å². The highest BCUT2D eigenvalue weighted by atomic mass is 16.3. The summed E-state index contributed by atoms with van der Waals surface area (Å²) in [5.74, 6) is 1.33. The lowest BCUT2D eigenvalue weighted by atomic mass is 9.82. The van der Waals surface area contributed by atoms with Gasteiger partial charge in [0, 0.05) is 6.54 Å². The predicted octanol–water partition coefficient (Wildman–Crippen LogP) is 3.10. The Hall–Kier alpha value is -1.09. The summed E-state index contributed by atoms with van der Waals surface area (Å²) in [6.07, 6.45) is 4.53. The van der Waals surface area contributed by atoms with Crippen LogP contribution in [0.4, 0.5) is 0 Å². The lowest BCUT2D eigenvalue weighted by Crippen LogP contribution is -2.25. The van der Waals surface area contributed by atoms with Crippen LogP contribution in [0.1, 0.15) is 49.4 Å². The van der Waals surface area contributed by atoms with E-state index in [1.165, 1.54) is 19.3 Å². The van der Waals surface area contributed by atoms with Crippen LogP contribution in [0, 0.1) is 5.41 Å². The van der Waals surface area contributed by atoms with Crippen LogP contribution in [0.2, 0.25) is 0 Å². The summed E-state index contributed by atoms with van der Waals surface area (Å²) in [5, 5.41) is 0. The Balaban J connectivity index is 1.95. The third kappa shape index (κ3) is 2.60. The number of carbonyl (C=O) groups is 1. The number of hydrogen-bond acceptors (Lipinski definition) is 3. The number of hydrogen-bond donors (Lipinski definition) is 0. The quantitative estimate of drug-likeness (QED) is 0.735. The Bertz CT molecular complexity index is 379. The minimum atomic E-state index is 0.427. The Morgan fingerprint density at radius 3 is 2.71 bits per heavy atom. The van der Waals surface area contributed by atoms with Crippen molar-refractivity contribution in [1.82, 2.24) is 4.90 Å². The highest BCUT2D eigenvalue weighted by Crippen LogP contribution is 2.37. The van der Waals surface area contributed by atoms with E-state index in [1.54, 1.807) is 6.07 Å². The molecule has 2 rings (SSSR count). The Labute approximate surface area is 103 Å². The van der Waals surface area contributed by atoms with Crippen molar-refractivity contribution in [1.29, 1.82) is 0 Å². The SMILES string of the molecule is CCC1(CC)CCN(Cc2ccc(C=O)o2)C1. The van der Waals surface area contributed by atoms with Gasteiger partial charge in [0.15, 0.2) is 12.0 Å². The summed E-state index contributed by atoms with van der Waals surface area (Å²) in [5.41, 5.74) is 0.500. The summed E-state index contributed by atoms with van der Waals surface area (Å²) in [7, 11) is 0. The molecule has 3 nitrogen and oxygen atoms in total. The fourth-order valence-corrected chi connectivity index (χ4v) is 2.75. The van der Waals surface area contributed by atoms with E-state index < -0.39 is 0 Å². The van der Waals surface area contributed by atoms with Crippen LogP contribution in [0.25, 0.3) is 0 Å². The van der Waals surface area contributed by atoms with E-state index in [4.69, 9.17) is 4.42 Å². The van der Waals surface area contributed by atoms with Crippen molar-refractivity contribution in [3.8, 4) is 0 Å². The van der Waals surface area contributed by atoms with Crippen LogP contribution in [0.3, 0.4) is 0 Å². The van der Waals surface area contributed by atoms with Gasteiger partial charge >= 0.3 is 0 Å². The second-order valence-corrected chi connectivity index (χ2v) is 5.09. The van der Waals surface area contributed by atoms with E-state index in [0.717, 1.165) is 31.7 Å². The molecular formula is C14H21NO2. The van der Waals surface area contributed by atoms with Gasteiger partial charge in [-0.25, -0.2) is 0 Å². The van der Waals surface area contributed by atoms with Gasteiger partial charge in [0.25, 0.3) is 0 Å². The number of aldehydes is 1. The summed E-state index contributed by atoms with van der Waals surface area (Å²) in [6, 6.07) is 3.65. The van der Waals surface area contributed by atoms with E-state index in [2.05, 4.69) is 18.7 Å². The Kier molecular flexibility index (Phi) is 3.67. The van der Waals surface area contributed by atoms with Gasteiger partial charge in [0.05, 0.1) is 6.54 Å². The smallest absolute Gasteiger partial charge is 0.185 e. The molecule has 0 unspecified atom stereocenters. The molecule has 3 heteroatoms. The molecule has 0 radical (unpaired) electrons. The van der Waals surface area contributed by atoms with Gasteiger partial charge in [-0.15, -0.1) is 0 Å². The molecular weight excluding hydrogens is 214 g/mol. The maximum atomic E-state index is 10.5. The first-order chi connectivity index (χ1) is 8.21. The minimum absolute atomic E-state index is 0.427. The molecule has 0 saturated carbocycles. The minimum Gasteiger partial charge on any atom is -0.457 e. The molecule has 0 N–H and O–H groups in total. The lowest BCUT2D eigenvalue weighted by Gasteiger charge is -2.26. The van der Waals surface area contributed by atoms with Crippen LogP contribution in [-0.2, 0) is 6.54 Å². The number of likely N-dealkylation sites (tertiary alicyclic amines) is 1. The first kappa shape index (κ1) is 12.4. The molecule has 0 spiro atoms. The van der Waals surface area contributed by atoms with Gasteiger partial charge < -0.3 is 4.42 Å². The van der Waals surface area contributed by atoms with E-state index >= 15 is 0 Å².